The van der Waals surface area contributed by atoms with Gasteiger partial charge in [0.2, 0.25) is 0 Å². The number of nitrogens with two attached hydrogens (primary N) is 1. The molecule has 2 rings (SSSR count). The van der Waals surface area contributed by atoms with Crippen molar-refractivity contribution in [1.82, 2.24) is 0 Å². The van der Waals surface area contributed by atoms with Crippen molar-refractivity contribution in [2.75, 3.05) is 11.1 Å². The number of carboxylic acids is 1. The molecule has 0 saturated heterocycles. The number of alkyl halides is 3. The minimum Gasteiger partial charge on any atom is -0.478 e. The first kappa shape index (κ1) is 19.8. The number of benzene rings is 2. The number of anilines is 3. The number of carboxylic acid groups (broad SMARTS) is 1. The molecule has 132 valence electrons. The average Bonchev–Trinajstić information content (AvgIpc) is 2.54. The van der Waals surface area contributed by atoms with E-state index in [2.05, 4.69) is 11.9 Å². The second kappa shape index (κ2) is 8.53. The average molecular weight is 352 g/mol. The molecule has 0 saturated carbocycles. The number of aldehydes is 1. The van der Waals surface area contributed by atoms with E-state index < -0.39 is 17.7 Å². The van der Waals surface area contributed by atoms with Crippen LogP contribution < -0.4 is 11.1 Å². The number of nitrogens with one attached hydrogen (secondary N) is 1. The molecule has 0 spiro atoms. The van der Waals surface area contributed by atoms with Gasteiger partial charge in [0.1, 0.15) is 11.8 Å². The molecule has 0 radical (unpaired) electrons. The fraction of sp³-hybridized carbons (Fsp3) is 0.0588. The van der Waals surface area contributed by atoms with E-state index in [0.29, 0.717) is 6.29 Å². The first-order valence-corrected chi connectivity index (χ1v) is 6.83. The monoisotopic (exact) mass is 352 g/mol. The van der Waals surface area contributed by atoms with Gasteiger partial charge in [-0.25, -0.2) is 4.79 Å². The van der Waals surface area contributed by atoms with Crippen molar-refractivity contribution in [1.29, 1.82) is 0 Å². The summed E-state index contributed by atoms with van der Waals surface area (Å²) in [6.07, 6.45) is -2.64. The van der Waals surface area contributed by atoms with Crippen LogP contribution in [0.25, 0.3) is 0 Å². The minimum absolute atomic E-state index is 0.0273. The van der Waals surface area contributed by atoms with Crippen molar-refractivity contribution in [3.63, 3.8) is 0 Å². The summed E-state index contributed by atoms with van der Waals surface area (Å²) in [5.41, 5.74) is 4.84. The molecule has 0 atom stereocenters. The molecule has 2 aromatic rings. The fourth-order valence-corrected chi connectivity index (χ4v) is 1.84. The van der Waals surface area contributed by atoms with Gasteiger partial charge in [-0.1, -0.05) is 18.7 Å². The Labute approximate surface area is 141 Å². The second-order valence-electron chi connectivity index (χ2n) is 4.65. The van der Waals surface area contributed by atoms with Gasteiger partial charge >= 0.3 is 12.1 Å². The van der Waals surface area contributed by atoms with E-state index in [1.54, 1.807) is 0 Å². The Morgan fingerprint density at radius 2 is 1.80 bits per heavy atom. The van der Waals surface area contributed by atoms with Crippen LogP contribution in [0.4, 0.5) is 30.2 Å². The number of hydrogen-bond donors (Lipinski definition) is 3. The highest BCUT2D eigenvalue weighted by atomic mass is 19.4. The zero-order valence-corrected chi connectivity index (χ0v) is 12.9. The van der Waals surface area contributed by atoms with Crippen LogP contribution in [0.5, 0.6) is 0 Å². The summed E-state index contributed by atoms with van der Waals surface area (Å²) in [7, 11) is 0. The SMILES string of the molecule is C=CC=O.Nc1cccc(Nc2cccc(C(F)(F)F)c2)c1C(=O)O. The van der Waals surface area contributed by atoms with E-state index in [1.165, 1.54) is 36.4 Å². The fourth-order valence-electron chi connectivity index (χ4n) is 1.84. The third-order valence-electron chi connectivity index (χ3n) is 2.88. The minimum atomic E-state index is -4.47. The number of hydrogen-bond acceptors (Lipinski definition) is 4. The molecule has 2 aromatic carbocycles. The molecular formula is C17H15F3N2O3. The lowest BCUT2D eigenvalue weighted by atomic mass is 10.1. The van der Waals surface area contributed by atoms with E-state index in [4.69, 9.17) is 15.6 Å². The third-order valence-corrected chi connectivity index (χ3v) is 2.88. The standard InChI is InChI=1S/C14H11F3N2O2.C3H4O/c15-14(16,17)8-3-1-4-9(7-8)19-11-6-2-5-10(18)12(11)13(20)21;1-2-3-4/h1-7,19H,18H2,(H,20,21);2-3H,1H2. The van der Waals surface area contributed by atoms with Crippen molar-refractivity contribution in [2.24, 2.45) is 0 Å². The van der Waals surface area contributed by atoms with E-state index in [1.807, 2.05) is 0 Å². The van der Waals surface area contributed by atoms with Crippen molar-refractivity contribution in [3.8, 4) is 0 Å². The van der Waals surface area contributed by atoms with Crippen molar-refractivity contribution >= 4 is 29.3 Å². The Bertz CT molecular complexity index is 768. The van der Waals surface area contributed by atoms with E-state index >= 15 is 0 Å². The highest BCUT2D eigenvalue weighted by Crippen LogP contribution is 2.32. The Kier molecular flexibility index (Phi) is 6.74. The molecule has 4 N–H and O–H groups in total. The van der Waals surface area contributed by atoms with Crippen molar-refractivity contribution < 1.29 is 27.9 Å². The zero-order valence-electron chi connectivity index (χ0n) is 12.9. The van der Waals surface area contributed by atoms with Gasteiger partial charge in [0.05, 0.1) is 11.3 Å². The quantitative estimate of drug-likeness (QED) is 0.438. The third kappa shape index (κ3) is 5.69. The highest BCUT2D eigenvalue weighted by molar-refractivity contribution is 6.00. The zero-order chi connectivity index (χ0) is 19.0. The Morgan fingerprint density at radius 1 is 1.20 bits per heavy atom. The van der Waals surface area contributed by atoms with Crippen LogP contribution in [-0.4, -0.2) is 17.4 Å². The molecule has 8 heteroatoms. The van der Waals surface area contributed by atoms with Gasteiger partial charge in [-0.15, -0.1) is 0 Å². The molecule has 0 unspecified atom stereocenters. The molecule has 5 nitrogen and oxygen atoms in total. The van der Waals surface area contributed by atoms with Crippen molar-refractivity contribution in [3.05, 3.63) is 66.2 Å². The van der Waals surface area contributed by atoms with Gasteiger partial charge in [-0.2, -0.15) is 13.2 Å². The molecule has 0 aromatic heterocycles. The number of halogens is 3. The largest absolute Gasteiger partial charge is 0.478 e. The lowest BCUT2D eigenvalue weighted by molar-refractivity contribution is -0.137. The Hall–Kier alpha value is -3.29. The predicted octanol–water partition coefficient (Wildman–Crippen LogP) is 4.10. The molecule has 0 amide bonds. The number of nitrogen functional groups attached to an aromatic ring is 1. The van der Waals surface area contributed by atoms with Crippen LogP contribution in [0.2, 0.25) is 0 Å². The normalized spacial score (nSPS) is 10.2. The van der Waals surface area contributed by atoms with Gasteiger partial charge < -0.3 is 16.2 Å². The van der Waals surface area contributed by atoms with E-state index in [9.17, 15) is 18.0 Å². The number of aromatic carboxylic acids is 1. The first-order valence-electron chi connectivity index (χ1n) is 6.83. The molecule has 25 heavy (non-hydrogen) atoms. The number of carbonyl (C=O) groups excluding carboxylic acids is 1. The van der Waals surface area contributed by atoms with Crippen molar-refractivity contribution in [2.45, 2.75) is 6.18 Å². The van der Waals surface area contributed by atoms with Crippen LogP contribution in [-0.2, 0) is 11.0 Å². The molecule has 0 aliphatic rings. The highest BCUT2D eigenvalue weighted by Gasteiger charge is 2.30. The summed E-state index contributed by atoms with van der Waals surface area (Å²) in [5.74, 6) is -1.26. The van der Waals surface area contributed by atoms with Crippen LogP contribution >= 0.6 is 0 Å². The maximum atomic E-state index is 12.6. The van der Waals surface area contributed by atoms with Crippen LogP contribution in [0.3, 0.4) is 0 Å². The van der Waals surface area contributed by atoms with E-state index in [0.717, 1.165) is 12.1 Å². The van der Waals surface area contributed by atoms with E-state index in [-0.39, 0.29) is 22.6 Å². The topological polar surface area (TPSA) is 92.4 Å². The van der Waals surface area contributed by atoms with Gasteiger partial charge in [-0.3, -0.25) is 4.79 Å². The molecule has 0 heterocycles. The summed E-state index contributed by atoms with van der Waals surface area (Å²) in [6, 6.07) is 8.82. The lowest BCUT2D eigenvalue weighted by Crippen LogP contribution is -2.08. The smallest absolute Gasteiger partial charge is 0.416 e. The van der Waals surface area contributed by atoms with Gasteiger partial charge in [0, 0.05) is 11.4 Å². The summed E-state index contributed by atoms with van der Waals surface area (Å²) in [4.78, 5) is 20.2. The number of allylic oxidation sites excluding steroid dienone is 1. The van der Waals surface area contributed by atoms with Gasteiger partial charge in [-0.05, 0) is 36.4 Å². The Morgan fingerprint density at radius 3 is 2.32 bits per heavy atom. The molecular weight excluding hydrogens is 337 g/mol. The summed E-state index contributed by atoms with van der Waals surface area (Å²) in [5, 5.41) is 11.8. The second-order valence-corrected chi connectivity index (χ2v) is 4.65. The summed E-state index contributed by atoms with van der Waals surface area (Å²) < 4.78 is 37.9. The lowest BCUT2D eigenvalue weighted by Gasteiger charge is -2.13. The summed E-state index contributed by atoms with van der Waals surface area (Å²) >= 11 is 0. The number of carbonyl (C=O) groups is 2. The van der Waals surface area contributed by atoms with Crippen LogP contribution in [0.1, 0.15) is 15.9 Å². The van der Waals surface area contributed by atoms with Crippen LogP contribution in [0.15, 0.2) is 55.1 Å². The maximum Gasteiger partial charge on any atom is 0.416 e. The van der Waals surface area contributed by atoms with Crippen LogP contribution in [0, 0.1) is 0 Å². The maximum absolute atomic E-state index is 12.6. The summed E-state index contributed by atoms with van der Waals surface area (Å²) in [6.45, 7) is 3.11. The molecule has 0 bridgehead atoms. The molecule has 0 aliphatic carbocycles. The Balaban J connectivity index is 0.000000705. The predicted molar refractivity (Wildman–Crippen MR) is 88.8 cm³/mol. The molecule has 0 fully saturated rings. The van der Waals surface area contributed by atoms with Gasteiger partial charge in [0.15, 0.2) is 0 Å². The number of rotatable bonds is 4. The van der Waals surface area contributed by atoms with Gasteiger partial charge in [0.25, 0.3) is 0 Å². The molecule has 0 aliphatic heterocycles. The first-order chi connectivity index (χ1) is 11.7.